The van der Waals surface area contributed by atoms with Gasteiger partial charge < -0.3 is 4.74 Å². The van der Waals surface area contributed by atoms with Crippen LogP contribution in [0.15, 0.2) is 70.2 Å². The summed E-state index contributed by atoms with van der Waals surface area (Å²) in [7, 11) is -3.57. The number of hydrogen-bond donors (Lipinski definition) is 1. The highest BCUT2D eigenvalue weighted by Gasteiger charge is 2.24. The summed E-state index contributed by atoms with van der Waals surface area (Å²) in [5.41, 5.74) is 1.56. The van der Waals surface area contributed by atoms with Crippen molar-refractivity contribution in [3.63, 3.8) is 0 Å². The average Bonchev–Trinajstić information content (AvgIpc) is 2.95. The number of aliphatic imine (C=N–C) groups is 1. The number of sulfonamides is 1. The predicted molar refractivity (Wildman–Crippen MR) is 98.9 cm³/mol. The van der Waals surface area contributed by atoms with Gasteiger partial charge in [0.25, 0.3) is 0 Å². The van der Waals surface area contributed by atoms with Crippen molar-refractivity contribution in [1.29, 1.82) is 0 Å². The summed E-state index contributed by atoms with van der Waals surface area (Å²) >= 11 is 0. The van der Waals surface area contributed by atoms with Gasteiger partial charge in [0.05, 0.1) is 4.90 Å². The maximum absolute atomic E-state index is 12.1. The van der Waals surface area contributed by atoms with Gasteiger partial charge in [0, 0.05) is 11.6 Å². The van der Waals surface area contributed by atoms with Crippen LogP contribution in [0.1, 0.15) is 25.0 Å². The maximum Gasteiger partial charge on any atom is 0.363 e. The molecule has 0 atom stereocenters. The van der Waals surface area contributed by atoms with Crippen molar-refractivity contribution >= 4 is 28.0 Å². The first-order valence-electron chi connectivity index (χ1n) is 8.05. The SMILES string of the molecule is CC(C)NS(=O)(=O)c1ccc(C2=NC(=Cc3ccccc3)C(=O)O2)cc1. The Bertz CT molecular complexity index is 976. The first-order valence-corrected chi connectivity index (χ1v) is 9.54. The largest absolute Gasteiger partial charge is 0.402 e. The van der Waals surface area contributed by atoms with Gasteiger partial charge in [0.1, 0.15) is 0 Å². The molecule has 2 aromatic rings. The number of nitrogens with one attached hydrogen (secondary N) is 1. The highest BCUT2D eigenvalue weighted by Crippen LogP contribution is 2.20. The molecule has 2 aromatic carbocycles. The molecule has 1 aliphatic heterocycles. The van der Waals surface area contributed by atoms with Crippen LogP contribution in [-0.4, -0.2) is 26.3 Å². The second kappa shape index (κ2) is 7.23. The Kier molecular flexibility index (Phi) is 5.01. The third kappa shape index (κ3) is 4.07. The zero-order chi connectivity index (χ0) is 18.7. The topological polar surface area (TPSA) is 84.8 Å². The molecule has 0 bridgehead atoms. The lowest BCUT2D eigenvalue weighted by atomic mass is 10.2. The third-order valence-electron chi connectivity index (χ3n) is 3.53. The fourth-order valence-electron chi connectivity index (χ4n) is 2.39. The fourth-order valence-corrected chi connectivity index (χ4v) is 3.65. The number of esters is 1. The Morgan fingerprint density at radius 1 is 1.04 bits per heavy atom. The molecule has 0 saturated carbocycles. The molecule has 1 N–H and O–H groups in total. The van der Waals surface area contributed by atoms with Gasteiger partial charge >= 0.3 is 5.97 Å². The Morgan fingerprint density at radius 2 is 1.69 bits per heavy atom. The number of nitrogens with zero attached hydrogens (tertiary/aromatic N) is 1. The normalized spacial score (nSPS) is 16.0. The quantitative estimate of drug-likeness (QED) is 0.648. The summed E-state index contributed by atoms with van der Waals surface area (Å²) in [6.07, 6.45) is 1.64. The maximum atomic E-state index is 12.1. The van der Waals surface area contributed by atoms with E-state index in [4.69, 9.17) is 4.74 Å². The minimum absolute atomic E-state index is 0.139. The van der Waals surface area contributed by atoms with Gasteiger partial charge in [0.15, 0.2) is 5.70 Å². The van der Waals surface area contributed by atoms with Crippen molar-refractivity contribution in [2.24, 2.45) is 4.99 Å². The lowest BCUT2D eigenvalue weighted by Crippen LogP contribution is -2.30. The van der Waals surface area contributed by atoms with Crippen LogP contribution >= 0.6 is 0 Å². The Labute approximate surface area is 152 Å². The molecule has 26 heavy (non-hydrogen) atoms. The molecule has 0 radical (unpaired) electrons. The minimum Gasteiger partial charge on any atom is -0.402 e. The molecule has 0 amide bonds. The Hall–Kier alpha value is -2.77. The molecular weight excluding hydrogens is 352 g/mol. The van der Waals surface area contributed by atoms with Crippen LogP contribution in [0.4, 0.5) is 0 Å². The van der Waals surface area contributed by atoms with Crippen LogP contribution in [-0.2, 0) is 19.6 Å². The van der Waals surface area contributed by atoms with Crippen molar-refractivity contribution in [3.8, 4) is 0 Å². The molecule has 1 aliphatic rings. The van der Waals surface area contributed by atoms with Crippen LogP contribution in [0, 0.1) is 0 Å². The number of benzene rings is 2. The van der Waals surface area contributed by atoms with Gasteiger partial charge in [-0.05, 0) is 49.8 Å². The zero-order valence-corrected chi connectivity index (χ0v) is 15.2. The van der Waals surface area contributed by atoms with E-state index in [0.29, 0.717) is 5.56 Å². The van der Waals surface area contributed by atoms with E-state index in [1.807, 2.05) is 30.3 Å². The summed E-state index contributed by atoms with van der Waals surface area (Å²) in [6, 6.07) is 15.1. The summed E-state index contributed by atoms with van der Waals surface area (Å²) in [6.45, 7) is 3.50. The van der Waals surface area contributed by atoms with Crippen LogP contribution in [0.25, 0.3) is 6.08 Å². The first kappa shape index (κ1) is 18.0. The van der Waals surface area contributed by atoms with E-state index < -0.39 is 16.0 Å². The lowest BCUT2D eigenvalue weighted by Gasteiger charge is -2.09. The van der Waals surface area contributed by atoms with Crippen LogP contribution in [0.3, 0.4) is 0 Å². The number of ether oxygens (including phenoxy) is 1. The van der Waals surface area contributed by atoms with Crippen molar-refractivity contribution in [2.75, 3.05) is 0 Å². The monoisotopic (exact) mass is 370 g/mol. The van der Waals surface area contributed by atoms with E-state index in [9.17, 15) is 13.2 Å². The molecule has 1 heterocycles. The fraction of sp³-hybridized carbons (Fsp3) is 0.158. The molecule has 0 saturated heterocycles. The third-order valence-corrected chi connectivity index (χ3v) is 5.20. The molecule has 0 fully saturated rings. The van der Waals surface area contributed by atoms with Crippen molar-refractivity contribution < 1.29 is 17.9 Å². The van der Waals surface area contributed by atoms with Gasteiger partial charge in [0.2, 0.25) is 15.9 Å². The summed E-state index contributed by atoms with van der Waals surface area (Å²) < 4.78 is 32.0. The van der Waals surface area contributed by atoms with E-state index in [2.05, 4.69) is 9.71 Å². The molecule has 0 spiro atoms. The Morgan fingerprint density at radius 3 is 2.31 bits per heavy atom. The number of hydrogen-bond acceptors (Lipinski definition) is 5. The molecular formula is C19H18N2O4S. The molecule has 7 heteroatoms. The van der Waals surface area contributed by atoms with Crippen molar-refractivity contribution in [2.45, 2.75) is 24.8 Å². The van der Waals surface area contributed by atoms with E-state index in [1.54, 1.807) is 32.1 Å². The molecule has 0 unspecified atom stereocenters. The summed E-state index contributed by atoms with van der Waals surface area (Å²) in [5, 5.41) is 0. The van der Waals surface area contributed by atoms with Crippen LogP contribution in [0.5, 0.6) is 0 Å². The standard InChI is InChI=1S/C19H18N2O4S/c1-13(2)21-26(23,24)16-10-8-15(9-11-16)18-20-17(19(22)25-18)12-14-6-4-3-5-7-14/h3-13,21H,1-2H3. The number of carbonyl (C=O) groups excluding carboxylic acids is 1. The Balaban J connectivity index is 1.85. The van der Waals surface area contributed by atoms with Gasteiger partial charge in [-0.3, -0.25) is 0 Å². The second-order valence-corrected chi connectivity index (χ2v) is 7.76. The highest BCUT2D eigenvalue weighted by atomic mass is 32.2. The highest BCUT2D eigenvalue weighted by molar-refractivity contribution is 7.89. The van der Waals surface area contributed by atoms with Gasteiger partial charge in [-0.25, -0.2) is 22.9 Å². The number of carbonyl (C=O) groups is 1. The van der Waals surface area contributed by atoms with Crippen LogP contribution in [0.2, 0.25) is 0 Å². The molecule has 6 nitrogen and oxygen atoms in total. The lowest BCUT2D eigenvalue weighted by molar-refractivity contribution is -0.129. The number of cyclic esters (lactones) is 1. The molecule has 134 valence electrons. The van der Waals surface area contributed by atoms with E-state index in [1.165, 1.54) is 12.1 Å². The number of rotatable bonds is 5. The van der Waals surface area contributed by atoms with Crippen molar-refractivity contribution in [3.05, 3.63) is 71.4 Å². The molecule has 3 rings (SSSR count). The van der Waals surface area contributed by atoms with Crippen molar-refractivity contribution in [1.82, 2.24) is 4.72 Å². The van der Waals surface area contributed by atoms with Crippen LogP contribution < -0.4 is 4.72 Å². The van der Waals surface area contributed by atoms with E-state index in [-0.39, 0.29) is 22.5 Å². The van der Waals surface area contributed by atoms with Gasteiger partial charge in [-0.15, -0.1) is 0 Å². The molecule has 0 aromatic heterocycles. The van der Waals surface area contributed by atoms with E-state index >= 15 is 0 Å². The average molecular weight is 370 g/mol. The van der Waals surface area contributed by atoms with Gasteiger partial charge in [-0.2, -0.15) is 0 Å². The predicted octanol–water partition coefficient (Wildman–Crippen LogP) is 2.72. The summed E-state index contributed by atoms with van der Waals surface area (Å²) in [4.78, 5) is 16.4. The smallest absolute Gasteiger partial charge is 0.363 e. The van der Waals surface area contributed by atoms with E-state index in [0.717, 1.165) is 5.56 Å². The first-order chi connectivity index (χ1) is 12.3. The molecule has 0 aliphatic carbocycles. The second-order valence-electron chi connectivity index (χ2n) is 6.05. The minimum atomic E-state index is -3.57. The van der Waals surface area contributed by atoms with Gasteiger partial charge in [-0.1, -0.05) is 30.3 Å². The summed E-state index contributed by atoms with van der Waals surface area (Å²) in [5.74, 6) is -0.389. The zero-order valence-electron chi connectivity index (χ0n) is 14.3.